The van der Waals surface area contributed by atoms with E-state index in [-0.39, 0.29) is 5.91 Å². The SMILES string of the molecule is CCCCC(=O)NCCc1coc(C)n1. The fraction of sp³-hybridized carbons (Fsp3) is 0.636. The first-order valence-corrected chi connectivity index (χ1v) is 5.40. The summed E-state index contributed by atoms with van der Waals surface area (Å²) in [5.74, 6) is 0.791. The predicted molar refractivity (Wildman–Crippen MR) is 57.5 cm³/mol. The number of hydrogen-bond acceptors (Lipinski definition) is 3. The standard InChI is InChI=1S/C11H18N2O2/c1-3-4-5-11(14)12-7-6-10-8-15-9(2)13-10/h8H,3-7H2,1-2H3,(H,12,14). The molecule has 0 aliphatic heterocycles. The summed E-state index contributed by atoms with van der Waals surface area (Å²) in [7, 11) is 0. The Morgan fingerprint density at radius 1 is 1.60 bits per heavy atom. The third kappa shape index (κ3) is 4.63. The van der Waals surface area contributed by atoms with Crippen molar-refractivity contribution in [3.05, 3.63) is 17.8 Å². The second-order valence-corrected chi connectivity index (χ2v) is 3.56. The average Bonchev–Trinajstić information content (AvgIpc) is 2.61. The Bertz CT molecular complexity index is 307. The number of unbranched alkanes of at least 4 members (excludes halogenated alkanes) is 1. The maximum atomic E-state index is 11.2. The van der Waals surface area contributed by atoms with Gasteiger partial charge in [-0.05, 0) is 6.42 Å². The van der Waals surface area contributed by atoms with E-state index in [4.69, 9.17) is 4.42 Å². The van der Waals surface area contributed by atoms with Gasteiger partial charge in [0.1, 0.15) is 6.26 Å². The van der Waals surface area contributed by atoms with E-state index in [1.54, 1.807) is 6.26 Å². The highest BCUT2D eigenvalue weighted by Crippen LogP contribution is 2.00. The number of carbonyl (C=O) groups excluding carboxylic acids is 1. The fourth-order valence-electron chi connectivity index (χ4n) is 1.28. The zero-order valence-electron chi connectivity index (χ0n) is 9.38. The first kappa shape index (κ1) is 11.8. The van der Waals surface area contributed by atoms with Gasteiger partial charge in [-0.25, -0.2) is 4.98 Å². The topological polar surface area (TPSA) is 55.1 Å². The summed E-state index contributed by atoms with van der Waals surface area (Å²) in [4.78, 5) is 15.4. The van der Waals surface area contributed by atoms with Crippen molar-refractivity contribution >= 4 is 5.91 Å². The number of amides is 1. The number of hydrogen-bond donors (Lipinski definition) is 1. The summed E-state index contributed by atoms with van der Waals surface area (Å²) in [5, 5.41) is 2.85. The van der Waals surface area contributed by atoms with E-state index < -0.39 is 0 Å². The van der Waals surface area contributed by atoms with Gasteiger partial charge < -0.3 is 9.73 Å². The van der Waals surface area contributed by atoms with Gasteiger partial charge in [-0.3, -0.25) is 4.79 Å². The molecule has 1 aromatic rings. The highest BCUT2D eigenvalue weighted by molar-refractivity contribution is 5.75. The Labute approximate surface area is 90.1 Å². The molecule has 1 heterocycles. The Kier molecular flexibility index (Phi) is 4.87. The monoisotopic (exact) mass is 210 g/mol. The van der Waals surface area contributed by atoms with Crippen LogP contribution in [-0.2, 0) is 11.2 Å². The smallest absolute Gasteiger partial charge is 0.220 e. The van der Waals surface area contributed by atoms with Crippen LogP contribution in [0.1, 0.15) is 37.8 Å². The quantitative estimate of drug-likeness (QED) is 0.779. The molecule has 0 atom stereocenters. The molecule has 0 saturated carbocycles. The molecular formula is C11H18N2O2. The van der Waals surface area contributed by atoms with Gasteiger partial charge in [0.15, 0.2) is 5.89 Å². The van der Waals surface area contributed by atoms with Gasteiger partial charge in [0.2, 0.25) is 5.91 Å². The Morgan fingerprint density at radius 3 is 3.00 bits per heavy atom. The largest absolute Gasteiger partial charge is 0.449 e. The second kappa shape index (κ2) is 6.22. The third-order valence-corrected chi connectivity index (χ3v) is 2.13. The number of nitrogens with one attached hydrogen (secondary N) is 1. The molecule has 1 rings (SSSR count). The summed E-state index contributed by atoms with van der Waals surface area (Å²) in [6.07, 6.45) is 4.99. The summed E-state index contributed by atoms with van der Waals surface area (Å²) in [6, 6.07) is 0. The molecule has 0 aliphatic carbocycles. The lowest BCUT2D eigenvalue weighted by atomic mass is 10.2. The summed E-state index contributed by atoms with van der Waals surface area (Å²) < 4.78 is 5.06. The molecule has 1 amide bonds. The van der Waals surface area contributed by atoms with Crippen molar-refractivity contribution in [1.82, 2.24) is 10.3 Å². The molecule has 0 aliphatic rings. The van der Waals surface area contributed by atoms with Gasteiger partial charge in [-0.2, -0.15) is 0 Å². The lowest BCUT2D eigenvalue weighted by Crippen LogP contribution is -2.25. The minimum atomic E-state index is 0.122. The number of nitrogens with zero attached hydrogens (tertiary/aromatic N) is 1. The van der Waals surface area contributed by atoms with Crippen LogP contribution in [-0.4, -0.2) is 17.4 Å². The molecule has 0 aromatic carbocycles. The lowest BCUT2D eigenvalue weighted by Gasteiger charge is -2.02. The van der Waals surface area contributed by atoms with Crippen molar-refractivity contribution in [2.45, 2.75) is 39.5 Å². The molecule has 0 spiro atoms. The van der Waals surface area contributed by atoms with Crippen molar-refractivity contribution in [3.63, 3.8) is 0 Å². The first-order valence-electron chi connectivity index (χ1n) is 5.40. The summed E-state index contributed by atoms with van der Waals surface area (Å²) in [6.45, 7) is 4.52. The van der Waals surface area contributed by atoms with Crippen LogP contribution in [0.4, 0.5) is 0 Å². The number of rotatable bonds is 6. The predicted octanol–water partition coefficient (Wildman–Crippen LogP) is 1.83. The van der Waals surface area contributed by atoms with Crippen LogP contribution >= 0.6 is 0 Å². The minimum absolute atomic E-state index is 0.122. The molecule has 4 nitrogen and oxygen atoms in total. The van der Waals surface area contributed by atoms with Crippen LogP contribution in [0.15, 0.2) is 10.7 Å². The van der Waals surface area contributed by atoms with Gasteiger partial charge >= 0.3 is 0 Å². The highest BCUT2D eigenvalue weighted by Gasteiger charge is 2.02. The van der Waals surface area contributed by atoms with Crippen LogP contribution in [0.5, 0.6) is 0 Å². The zero-order valence-corrected chi connectivity index (χ0v) is 9.38. The molecular weight excluding hydrogens is 192 g/mol. The van der Waals surface area contributed by atoms with Gasteiger partial charge in [-0.15, -0.1) is 0 Å². The molecule has 0 radical (unpaired) electrons. The van der Waals surface area contributed by atoms with Crippen LogP contribution in [0.2, 0.25) is 0 Å². The second-order valence-electron chi connectivity index (χ2n) is 3.56. The Hall–Kier alpha value is -1.32. The van der Waals surface area contributed by atoms with E-state index in [9.17, 15) is 4.79 Å². The highest BCUT2D eigenvalue weighted by atomic mass is 16.3. The van der Waals surface area contributed by atoms with Gasteiger partial charge in [0, 0.05) is 26.3 Å². The van der Waals surface area contributed by atoms with Crippen LogP contribution in [0.25, 0.3) is 0 Å². The number of carbonyl (C=O) groups is 1. The van der Waals surface area contributed by atoms with E-state index in [1.165, 1.54) is 0 Å². The summed E-state index contributed by atoms with van der Waals surface area (Å²) in [5.41, 5.74) is 0.892. The van der Waals surface area contributed by atoms with Crippen molar-refractivity contribution < 1.29 is 9.21 Å². The maximum Gasteiger partial charge on any atom is 0.220 e. The molecule has 15 heavy (non-hydrogen) atoms. The van der Waals surface area contributed by atoms with E-state index >= 15 is 0 Å². The molecule has 0 saturated heterocycles. The fourth-order valence-corrected chi connectivity index (χ4v) is 1.28. The van der Waals surface area contributed by atoms with Crippen LogP contribution < -0.4 is 5.32 Å². The van der Waals surface area contributed by atoms with Crippen LogP contribution in [0.3, 0.4) is 0 Å². The molecule has 0 bridgehead atoms. The molecule has 4 heteroatoms. The Balaban J connectivity index is 2.13. The number of oxazole rings is 1. The van der Waals surface area contributed by atoms with Gasteiger partial charge in [-0.1, -0.05) is 13.3 Å². The molecule has 0 unspecified atom stereocenters. The maximum absolute atomic E-state index is 11.2. The van der Waals surface area contributed by atoms with Gasteiger partial charge in [0.25, 0.3) is 0 Å². The van der Waals surface area contributed by atoms with Gasteiger partial charge in [0.05, 0.1) is 5.69 Å². The average molecular weight is 210 g/mol. The lowest BCUT2D eigenvalue weighted by molar-refractivity contribution is -0.121. The van der Waals surface area contributed by atoms with E-state index in [1.807, 2.05) is 6.92 Å². The number of aryl methyl sites for hydroxylation is 1. The van der Waals surface area contributed by atoms with Crippen molar-refractivity contribution in [2.24, 2.45) is 0 Å². The third-order valence-electron chi connectivity index (χ3n) is 2.13. The van der Waals surface area contributed by atoms with E-state index in [0.29, 0.717) is 18.9 Å². The van der Waals surface area contributed by atoms with Crippen LogP contribution in [0, 0.1) is 6.92 Å². The molecule has 1 N–H and O–H groups in total. The first-order chi connectivity index (χ1) is 7.22. The van der Waals surface area contributed by atoms with Crippen molar-refractivity contribution in [2.75, 3.05) is 6.54 Å². The molecule has 84 valence electrons. The molecule has 1 aromatic heterocycles. The molecule has 0 fully saturated rings. The van der Waals surface area contributed by atoms with E-state index in [2.05, 4.69) is 17.2 Å². The van der Waals surface area contributed by atoms with Crippen molar-refractivity contribution in [3.8, 4) is 0 Å². The Morgan fingerprint density at radius 2 is 2.40 bits per heavy atom. The summed E-state index contributed by atoms with van der Waals surface area (Å²) >= 11 is 0. The van der Waals surface area contributed by atoms with E-state index in [0.717, 1.165) is 25.0 Å². The normalized spacial score (nSPS) is 10.3. The van der Waals surface area contributed by atoms with Crippen molar-refractivity contribution in [1.29, 1.82) is 0 Å². The number of aromatic nitrogens is 1. The minimum Gasteiger partial charge on any atom is -0.449 e. The zero-order chi connectivity index (χ0) is 11.1.